The standard InChI is InChI=1S/C19H24N4O3/c1-13-10-14(21-12-20-13)6-7-15-11-23(8-9-25-15)19(24)18-16-4-2-3-5-17(16)26-22-18/h10,12,15H,2-9,11H2,1H3. The maximum absolute atomic E-state index is 12.9. The quantitative estimate of drug-likeness (QED) is 0.835. The number of hydrogen-bond acceptors (Lipinski definition) is 6. The molecule has 0 saturated carbocycles. The fraction of sp³-hybridized carbons (Fsp3) is 0.579. The van der Waals surface area contributed by atoms with Crippen LogP contribution in [0.5, 0.6) is 0 Å². The Labute approximate surface area is 152 Å². The van der Waals surface area contributed by atoms with Crippen LogP contribution in [0.15, 0.2) is 16.9 Å². The number of rotatable bonds is 4. The van der Waals surface area contributed by atoms with Crippen molar-refractivity contribution >= 4 is 5.91 Å². The minimum absolute atomic E-state index is 0.0192. The van der Waals surface area contributed by atoms with Crippen molar-refractivity contribution in [1.29, 1.82) is 0 Å². The molecular weight excluding hydrogens is 332 g/mol. The molecule has 1 saturated heterocycles. The van der Waals surface area contributed by atoms with Crippen molar-refractivity contribution in [3.63, 3.8) is 0 Å². The van der Waals surface area contributed by atoms with Crippen molar-refractivity contribution in [3.05, 3.63) is 40.8 Å². The van der Waals surface area contributed by atoms with Gasteiger partial charge < -0.3 is 14.2 Å². The lowest BCUT2D eigenvalue weighted by Gasteiger charge is -2.32. The Bertz CT molecular complexity index is 789. The highest BCUT2D eigenvalue weighted by Crippen LogP contribution is 2.25. The van der Waals surface area contributed by atoms with E-state index in [-0.39, 0.29) is 12.0 Å². The molecular formula is C19H24N4O3. The normalized spacial score (nSPS) is 20.0. The van der Waals surface area contributed by atoms with Gasteiger partial charge in [0.05, 0.1) is 12.7 Å². The zero-order chi connectivity index (χ0) is 17.9. The minimum atomic E-state index is -0.0249. The Kier molecular flexibility index (Phi) is 4.97. The summed E-state index contributed by atoms with van der Waals surface area (Å²) in [6, 6.07) is 1.99. The molecule has 1 amide bonds. The molecule has 26 heavy (non-hydrogen) atoms. The van der Waals surface area contributed by atoms with E-state index in [0.29, 0.717) is 25.4 Å². The lowest BCUT2D eigenvalue weighted by molar-refractivity contribution is -0.0250. The van der Waals surface area contributed by atoms with Crippen LogP contribution in [0.2, 0.25) is 0 Å². The third-order valence-electron chi connectivity index (χ3n) is 5.16. The molecule has 0 N–H and O–H groups in total. The predicted molar refractivity (Wildman–Crippen MR) is 93.9 cm³/mol. The SMILES string of the molecule is Cc1cc(CCC2CN(C(=O)c3noc4c3CCCC4)CCO2)ncn1. The van der Waals surface area contributed by atoms with E-state index >= 15 is 0 Å². The second-order valence-corrected chi connectivity index (χ2v) is 7.07. The molecule has 4 rings (SSSR count). The molecule has 138 valence electrons. The number of nitrogens with zero attached hydrogens (tertiary/aromatic N) is 4. The lowest BCUT2D eigenvalue weighted by atomic mass is 9.96. The molecule has 0 spiro atoms. The number of amides is 1. The number of hydrogen-bond donors (Lipinski definition) is 0. The van der Waals surface area contributed by atoms with Crippen LogP contribution >= 0.6 is 0 Å². The third kappa shape index (κ3) is 3.62. The van der Waals surface area contributed by atoms with Crippen molar-refractivity contribution < 1.29 is 14.1 Å². The van der Waals surface area contributed by atoms with Gasteiger partial charge in [0.2, 0.25) is 0 Å². The monoisotopic (exact) mass is 356 g/mol. The first-order valence-corrected chi connectivity index (χ1v) is 9.36. The second-order valence-electron chi connectivity index (χ2n) is 7.07. The van der Waals surface area contributed by atoms with Crippen LogP contribution in [0, 0.1) is 6.92 Å². The highest BCUT2D eigenvalue weighted by atomic mass is 16.5. The second kappa shape index (κ2) is 7.53. The molecule has 1 atom stereocenters. The summed E-state index contributed by atoms with van der Waals surface area (Å²) < 4.78 is 11.3. The van der Waals surface area contributed by atoms with Gasteiger partial charge in [-0.15, -0.1) is 0 Å². The Morgan fingerprint density at radius 1 is 1.31 bits per heavy atom. The number of ether oxygens (including phenoxy) is 1. The molecule has 0 bridgehead atoms. The summed E-state index contributed by atoms with van der Waals surface area (Å²) in [4.78, 5) is 23.2. The van der Waals surface area contributed by atoms with Crippen LogP contribution in [-0.4, -0.2) is 51.7 Å². The van der Waals surface area contributed by atoms with E-state index in [4.69, 9.17) is 9.26 Å². The van der Waals surface area contributed by atoms with Crippen molar-refractivity contribution in [1.82, 2.24) is 20.0 Å². The molecule has 1 aliphatic carbocycles. The molecule has 1 fully saturated rings. The number of aryl methyl sites for hydroxylation is 3. The lowest BCUT2D eigenvalue weighted by Crippen LogP contribution is -2.46. The van der Waals surface area contributed by atoms with Gasteiger partial charge in [0.25, 0.3) is 5.91 Å². The Hall–Kier alpha value is -2.28. The predicted octanol–water partition coefficient (Wildman–Crippen LogP) is 2.13. The van der Waals surface area contributed by atoms with Crippen molar-refractivity contribution in [2.75, 3.05) is 19.7 Å². The molecule has 2 aliphatic rings. The van der Waals surface area contributed by atoms with Gasteiger partial charge in [-0.25, -0.2) is 9.97 Å². The van der Waals surface area contributed by atoms with Crippen LogP contribution in [0.3, 0.4) is 0 Å². The number of carbonyl (C=O) groups is 1. The van der Waals surface area contributed by atoms with E-state index in [1.54, 1.807) is 6.33 Å². The van der Waals surface area contributed by atoms with Crippen LogP contribution < -0.4 is 0 Å². The van der Waals surface area contributed by atoms with Crippen molar-refractivity contribution in [2.45, 2.75) is 51.6 Å². The molecule has 7 heteroatoms. The fourth-order valence-electron chi connectivity index (χ4n) is 3.74. The fourth-order valence-corrected chi connectivity index (χ4v) is 3.74. The highest BCUT2D eigenvalue weighted by molar-refractivity contribution is 5.94. The summed E-state index contributed by atoms with van der Waals surface area (Å²) in [5.41, 5.74) is 3.50. The van der Waals surface area contributed by atoms with E-state index in [1.807, 2.05) is 17.9 Å². The first-order chi connectivity index (χ1) is 12.7. The summed E-state index contributed by atoms with van der Waals surface area (Å²) >= 11 is 0. The maximum atomic E-state index is 12.9. The number of aromatic nitrogens is 3. The third-order valence-corrected chi connectivity index (χ3v) is 5.16. The molecule has 0 radical (unpaired) electrons. The van der Waals surface area contributed by atoms with E-state index in [2.05, 4.69) is 15.1 Å². The van der Waals surface area contributed by atoms with E-state index < -0.39 is 0 Å². The summed E-state index contributed by atoms with van der Waals surface area (Å²) in [7, 11) is 0. The van der Waals surface area contributed by atoms with Gasteiger partial charge in [-0.1, -0.05) is 5.16 Å². The van der Waals surface area contributed by atoms with Gasteiger partial charge in [-0.2, -0.15) is 0 Å². The first-order valence-electron chi connectivity index (χ1n) is 9.36. The average molecular weight is 356 g/mol. The zero-order valence-electron chi connectivity index (χ0n) is 15.1. The van der Waals surface area contributed by atoms with Crippen LogP contribution in [0.25, 0.3) is 0 Å². The Morgan fingerprint density at radius 2 is 2.19 bits per heavy atom. The summed E-state index contributed by atoms with van der Waals surface area (Å²) in [5.74, 6) is 0.867. The van der Waals surface area contributed by atoms with E-state index in [0.717, 1.165) is 61.2 Å². The summed E-state index contributed by atoms with van der Waals surface area (Å²) in [5, 5.41) is 4.08. The van der Waals surface area contributed by atoms with E-state index in [9.17, 15) is 4.79 Å². The Morgan fingerprint density at radius 3 is 3.08 bits per heavy atom. The van der Waals surface area contributed by atoms with Crippen LogP contribution in [0.1, 0.15) is 52.5 Å². The zero-order valence-corrected chi connectivity index (χ0v) is 15.1. The largest absolute Gasteiger partial charge is 0.375 e. The average Bonchev–Trinajstić information content (AvgIpc) is 3.10. The summed E-state index contributed by atoms with van der Waals surface area (Å²) in [6.45, 7) is 3.70. The molecule has 7 nitrogen and oxygen atoms in total. The van der Waals surface area contributed by atoms with Gasteiger partial charge in [0, 0.05) is 36.5 Å². The summed E-state index contributed by atoms with van der Waals surface area (Å²) in [6.07, 6.45) is 7.24. The maximum Gasteiger partial charge on any atom is 0.276 e. The van der Waals surface area contributed by atoms with Gasteiger partial charge >= 0.3 is 0 Å². The first kappa shape index (κ1) is 17.1. The molecule has 0 aromatic carbocycles. The van der Waals surface area contributed by atoms with Gasteiger partial charge in [-0.3, -0.25) is 4.79 Å². The highest BCUT2D eigenvalue weighted by Gasteiger charge is 2.30. The van der Waals surface area contributed by atoms with Crippen molar-refractivity contribution in [2.24, 2.45) is 0 Å². The van der Waals surface area contributed by atoms with Crippen LogP contribution in [0.4, 0.5) is 0 Å². The molecule has 1 unspecified atom stereocenters. The molecule has 2 aromatic heterocycles. The van der Waals surface area contributed by atoms with Crippen LogP contribution in [-0.2, 0) is 24.0 Å². The topological polar surface area (TPSA) is 81.4 Å². The number of morpholine rings is 1. The van der Waals surface area contributed by atoms with Crippen molar-refractivity contribution in [3.8, 4) is 0 Å². The smallest absolute Gasteiger partial charge is 0.276 e. The van der Waals surface area contributed by atoms with Gasteiger partial charge in [-0.05, 0) is 45.1 Å². The molecule has 2 aromatic rings. The Balaban J connectivity index is 1.38. The van der Waals surface area contributed by atoms with Gasteiger partial charge in [0.1, 0.15) is 12.1 Å². The minimum Gasteiger partial charge on any atom is -0.375 e. The number of carbonyl (C=O) groups excluding carboxylic acids is 1. The number of fused-ring (bicyclic) bond motifs is 1. The molecule has 3 heterocycles. The van der Waals surface area contributed by atoms with E-state index in [1.165, 1.54) is 0 Å². The van der Waals surface area contributed by atoms with Gasteiger partial charge in [0.15, 0.2) is 5.69 Å². The molecule has 1 aliphatic heterocycles.